The van der Waals surface area contributed by atoms with Crippen molar-refractivity contribution in [3.63, 3.8) is 0 Å². The van der Waals surface area contributed by atoms with Gasteiger partial charge in [-0.25, -0.2) is 0 Å². The molecule has 1 rings (SSSR count). The zero-order chi connectivity index (χ0) is 11.4. The summed E-state index contributed by atoms with van der Waals surface area (Å²) in [7, 11) is 3.99. The average Bonchev–Trinajstić information content (AvgIpc) is 2.27. The molecule has 2 atom stereocenters. The van der Waals surface area contributed by atoms with Crippen LogP contribution in [0.1, 0.15) is 43.5 Å². The number of hydrogen-bond acceptors (Lipinski definition) is 2. The maximum atomic E-state index is 6.02. The van der Waals surface area contributed by atoms with E-state index in [9.17, 15) is 0 Å². The molecule has 15 heavy (non-hydrogen) atoms. The second-order valence-corrected chi connectivity index (χ2v) is 4.38. The second-order valence-electron chi connectivity index (χ2n) is 4.38. The fraction of sp³-hybridized carbons (Fsp3) is 0.538. The van der Waals surface area contributed by atoms with Crippen LogP contribution in [0.2, 0.25) is 0 Å². The smallest absolute Gasteiger partial charge is 0.0830 e. The lowest BCUT2D eigenvalue weighted by Gasteiger charge is -2.20. The SMILES string of the molecule is CCC(C)c1ccc(C(N)N(C)C)cc1. The van der Waals surface area contributed by atoms with Gasteiger partial charge in [-0.05, 0) is 37.6 Å². The lowest BCUT2D eigenvalue weighted by Crippen LogP contribution is -2.27. The summed E-state index contributed by atoms with van der Waals surface area (Å²) >= 11 is 0. The van der Waals surface area contributed by atoms with Crippen LogP contribution in [0, 0.1) is 0 Å². The van der Waals surface area contributed by atoms with Crippen LogP contribution in [0.3, 0.4) is 0 Å². The largest absolute Gasteiger partial charge is 0.312 e. The first-order valence-electron chi connectivity index (χ1n) is 5.58. The Kier molecular flexibility index (Phi) is 4.30. The molecule has 0 spiro atoms. The van der Waals surface area contributed by atoms with Crippen LogP contribution in [0.5, 0.6) is 0 Å². The van der Waals surface area contributed by atoms with Gasteiger partial charge in [-0.2, -0.15) is 0 Å². The van der Waals surface area contributed by atoms with Gasteiger partial charge >= 0.3 is 0 Å². The topological polar surface area (TPSA) is 29.3 Å². The molecule has 0 amide bonds. The summed E-state index contributed by atoms with van der Waals surface area (Å²) in [6.07, 6.45) is 1.18. The van der Waals surface area contributed by atoms with Crippen LogP contribution < -0.4 is 5.73 Å². The molecule has 0 radical (unpaired) electrons. The summed E-state index contributed by atoms with van der Waals surface area (Å²) in [5.74, 6) is 0.634. The van der Waals surface area contributed by atoms with Gasteiger partial charge in [-0.3, -0.25) is 4.90 Å². The molecule has 0 aliphatic heterocycles. The summed E-state index contributed by atoms with van der Waals surface area (Å²) < 4.78 is 0. The van der Waals surface area contributed by atoms with E-state index in [1.165, 1.54) is 17.5 Å². The van der Waals surface area contributed by atoms with Crippen LogP contribution in [-0.2, 0) is 0 Å². The van der Waals surface area contributed by atoms with Gasteiger partial charge in [-0.1, -0.05) is 38.1 Å². The Morgan fingerprint density at radius 1 is 1.13 bits per heavy atom. The second kappa shape index (κ2) is 5.29. The molecule has 2 N–H and O–H groups in total. The predicted molar refractivity (Wildman–Crippen MR) is 65.8 cm³/mol. The van der Waals surface area contributed by atoms with Gasteiger partial charge in [0.15, 0.2) is 0 Å². The van der Waals surface area contributed by atoms with Crippen LogP contribution in [0.15, 0.2) is 24.3 Å². The van der Waals surface area contributed by atoms with Crippen molar-refractivity contribution >= 4 is 0 Å². The highest BCUT2D eigenvalue weighted by atomic mass is 15.2. The monoisotopic (exact) mass is 206 g/mol. The van der Waals surface area contributed by atoms with Crippen LogP contribution >= 0.6 is 0 Å². The fourth-order valence-electron chi connectivity index (χ4n) is 1.56. The molecular weight excluding hydrogens is 184 g/mol. The number of nitrogens with two attached hydrogens (primary N) is 1. The molecule has 1 aromatic carbocycles. The van der Waals surface area contributed by atoms with Crippen molar-refractivity contribution in [1.82, 2.24) is 4.90 Å². The Balaban J connectivity index is 2.80. The summed E-state index contributed by atoms with van der Waals surface area (Å²) in [6, 6.07) is 8.64. The molecular formula is C13H22N2. The maximum Gasteiger partial charge on any atom is 0.0830 e. The number of nitrogens with zero attached hydrogens (tertiary/aromatic N) is 1. The van der Waals surface area contributed by atoms with E-state index in [0.717, 1.165) is 0 Å². The molecule has 2 nitrogen and oxygen atoms in total. The average molecular weight is 206 g/mol. The van der Waals surface area contributed by atoms with Crippen molar-refractivity contribution in [3.8, 4) is 0 Å². The molecule has 0 saturated heterocycles. The third-order valence-corrected chi connectivity index (χ3v) is 3.02. The van der Waals surface area contributed by atoms with Crippen LogP contribution in [-0.4, -0.2) is 19.0 Å². The predicted octanol–water partition coefficient (Wildman–Crippen LogP) is 2.72. The number of hydrogen-bond donors (Lipinski definition) is 1. The third kappa shape index (κ3) is 3.05. The van der Waals surface area contributed by atoms with E-state index in [4.69, 9.17) is 5.73 Å². The van der Waals surface area contributed by atoms with Gasteiger partial charge in [-0.15, -0.1) is 0 Å². The van der Waals surface area contributed by atoms with E-state index in [-0.39, 0.29) is 6.17 Å². The molecule has 84 valence electrons. The van der Waals surface area contributed by atoms with Crippen LogP contribution in [0.25, 0.3) is 0 Å². The Bertz CT molecular complexity index is 290. The van der Waals surface area contributed by atoms with Crippen molar-refractivity contribution in [2.75, 3.05) is 14.1 Å². The molecule has 0 heterocycles. The first-order valence-corrected chi connectivity index (χ1v) is 5.58. The van der Waals surface area contributed by atoms with Crippen molar-refractivity contribution in [3.05, 3.63) is 35.4 Å². The molecule has 0 fully saturated rings. The highest BCUT2D eigenvalue weighted by molar-refractivity contribution is 5.26. The molecule has 0 aliphatic rings. The zero-order valence-electron chi connectivity index (χ0n) is 10.2. The van der Waals surface area contributed by atoms with Crippen molar-refractivity contribution in [2.24, 2.45) is 5.73 Å². The molecule has 1 aromatic rings. The van der Waals surface area contributed by atoms with Crippen molar-refractivity contribution < 1.29 is 0 Å². The van der Waals surface area contributed by atoms with Gasteiger partial charge in [0.25, 0.3) is 0 Å². The Morgan fingerprint density at radius 2 is 1.60 bits per heavy atom. The minimum Gasteiger partial charge on any atom is -0.312 e. The Hall–Kier alpha value is -0.860. The maximum absolute atomic E-state index is 6.02. The summed E-state index contributed by atoms with van der Waals surface area (Å²) in [4.78, 5) is 2.01. The van der Waals surface area contributed by atoms with Gasteiger partial charge < -0.3 is 5.73 Å². The normalized spacial score (nSPS) is 15.3. The first kappa shape index (κ1) is 12.2. The van der Waals surface area contributed by atoms with Crippen molar-refractivity contribution in [1.29, 1.82) is 0 Å². The summed E-state index contributed by atoms with van der Waals surface area (Å²) in [6.45, 7) is 4.46. The molecule has 0 aliphatic carbocycles. The van der Waals surface area contributed by atoms with E-state index in [1.54, 1.807) is 0 Å². The first-order chi connectivity index (χ1) is 7.06. The molecule has 2 unspecified atom stereocenters. The van der Waals surface area contributed by atoms with Gasteiger partial charge in [0, 0.05) is 0 Å². The highest BCUT2D eigenvalue weighted by Gasteiger charge is 2.08. The molecule has 0 saturated carbocycles. The minimum absolute atomic E-state index is 0.00372. The third-order valence-electron chi connectivity index (χ3n) is 3.02. The highest BCUT2D eigenvalue weighted by Crippen LogP contribution is 2.20. The Morgan fingerprint density at radius 3 is 2.00 bits per heavy atom. The quantitative estimate of drug-likeness (QED) is 0.767. The summed E-state index contributed by atoms with van der Waals surface area (Å²) in [5, 5.41) is 0. The number of rotatable bonds is 4. The van der Waals surface area contributed by atoms with Gasteiger partial charge in [0.1, 0.15) is 0 Å². The molecule has 0 bridgehead atoms. The standard InChI is InChI=1S/C13H22N2/c1-5-10(2)11-6-8-12(9-7-11)13(14)15(3)4/h6-10,13H,5,14H2,1-4H3. The van der Waals surface area contributed by atoms with Gasteiger partial charge in [0.2, 0.25) is 0 Å². The number of benzene rings is 1. The zero-order valence-corrected chi connectivity index (χ0v) is 10.2. The van der Waals surface area contributed by atoms with E-state index in [2.05, 4.69) is 38.1 Å². The molecule has 0 aromatic heterocycles. The summed E-state index contributed by atoms with van der Waals surface area (Å²) in [5.41, 5.74) is 8.59. The lowest BCUT2D eigenvalue weighted by atomic mass is 9.97. The van der Waals surface area contributed by atoms with Crippen LogP contribution in [0.4, 0.5) is 0 Å². The fourth-order valence-corrected chi connectivity index (χ4v) is 1.56. The van der Waals surface area contributed by atoms with E-state index in [0.29, 0.717) is 5.92 Å². The van der Waals surface area contributed by atoms with Crippen molar-refractivity contribution in [2.45, 2.75) is 32.4 Å². The van der Waals surface area contributed by atoms with Gasteiger partial charge in [0.05, 0.1) is 6.17 Å². The minimum atomic E-state index is -0.00372. The Labute approximate surface area is 93.1 Å². The molecule has 2 heteroatoms. The lowest BCUT2D eigenvalue weighted by molar-refractivity contribution is 0.307. The van der Waals surface area contributed by atoms with E-state index < -0.39 is 0 Å². The van der Waals surface area contributed by atoms with E-state index in [1.807, 2.05) is 19.0 Å². The van der Waals surface area contributed by atoms with E-state index >= 15 is 0 Å².